The lowest BCUT2D eigenvalue weighted by Crippen LogP contribution is -2.50. The predicted molar refractivity (Wildman–Crippen MR) is 77.8 cm³/mol. The molecule has 22 heavy (non-hydrogen) atoms. The van der Waals surface area contributed by atoms with E-state index in [1.165, 1.54) is 0 Å². The third kappa shape index (κ3) is 2.38. The molecule has 7 nitrogen and oxygen atoms in total. The van der Waals surface area contributed by atoms with Crippen LogP contribution in [0.15, 0.2) is 24.3 Å². The van der Waals surface area contributed by atoms with E-state index in [9.17, 15) is 14.4 Å². The standard InChI is InChI=1S/C15H17N3O4/c16-9-3-1-2-8(6-9)4-5-15(11-7-10(11)12(19)20)13(21)17-14(22)18-15/h1-3,6,10-11H,4-5,7,16H2,(H,19,20)(H2,17,18,21,22)/t10-,11-,15?/m0/s1. The summed E-state index contributed by atoms with van der Waals surface area (Å²) >= 11 is 0. The number of carboxylic acid groups (broad SMARTS) is 1. The first-order valence-corrected chi connectivity index (χ1v) is 7.13. The van der Waals surface area contributed by atoms with Crippen molar-refractivity contribution in [2.45, 2.75) is 24.8 Å². The summed E-state index contributed by atoms with van der Waals surface area (Å²) in [5.74, 6) is -2.31. The molecule has 3 amide bonds. The van der Waals surface area contributed by atoms with Crippen LogP contribution in [-0.2, 0) is 16.0 Å². The van der Waals surface area contributed by atoms with Gasteiger partial charge >= 0.3 is 12.0 Å². The summed E-state index contributed by atoms with van der Waals surface area (Å²) in [6, 6.07) is 6.73. The van der Waals surface area contributed by atoms with Gasteiger partial charge in [-0.3, -0.25) is 14.9 Å². The molecule has 3 atom stereocenters. The Morgan fingerprint density at radius 2 is 2.18 bits per heavy atom. The van der Waals surface area contributed by atoms with E-state index in [0.717, 1.165) is 5.56 Å². The normalized spacial score (nSPS) is 29.8. The van der Waals surface area contributed by atoms with Gasteiger partial charge in [0.05, 0.1) is 5.92 Å². The number of nitrogen functional groups attached to an aromatic ring is 1. The lowest BCUT2D eigenvalue weighted by atomic mass is 9.85. The number of carboxylic acids is 1. The molecule has 0 bridgehead atoms. The first-order valence-electron chi connectivity index (χ1n) is 7.13. The molecule has 1 aliphatic carbocycles. The number of nitrogens with two attached hydrogens (primary N) is 1. The van der Waals surface area contributed by atoms with Crippen LogP contribution >= 0.6 is 0 Å². The summed E-state index contributed by atoms with van der Waals surface area (Å²) in [4.78, 5) is 34.9. The predicted octanol–water partition coefficient (Wildman–Crippen LogP) is 0.500. The van der Waals surface area contributed by atoms with Crippen LogP contribution < -0.4 is 16.4 Å². The van der Waals surface area contributed by atoms with E-state index in [1.54, 1.807) is 6.07 Å². The minimum Gasteiger partial charge on any atom is -0.481 e. The lowest BCUT2D eigenvalue weighted by molar-refractivity contribution is -0.139. The fourth-order valence-electron chi connectivity index (χ4n) is 3.23. The van der Waals surface area contributed by atoms with E-state index >= 15 is 0 Å². The summed E-state index contributed by atoms with van der Waals surface area (Å²) < 4.78 is 0. The quantitative estimate of drug-likeness (QED) is 0.466. The van der Waals surface area contributed by atoms with Gasteiger partial charge in [0.2, 0.25) is 0 Å². The number of nitrogens with one attached hydrogen (secondary N) is 2. The topological polar surface area (TPSA) is 122 Å². The molecule has 1 aromatic carbocycles. The van der Waals surface area contributed by atoms with Gasteiger partial charge in [-0.25, -0.2) is 4.79 Å². The second-order valence-corrected chi connectivity index (χ2v) is 5.91. The molecule has 1 unspecified atom stereocenters. The number of rotatable bonds is 5. The molecule has 1 saturated carbocycles. The molecular formula is C15H17N3O4. The Bertz CT molecular complexity index is 660. The van der Waals surface area contributed by atoms with Crippen LogP contribution in [0.5, 0.6) is 0 Å². The zero-order chi connectivity index (χ0) is 15.9. The highest BCUT2D eigenvalue weighted by atomic mass is 16.4. The molecule has 2 aliphatic rings. The number of anilines is 1. The number of benzene rings is 1. The number of urea groups is 1. The van der Waals surface area contributed by atoms with E-state index in [-0.39, 0.29) is 5.92 Å². The Hall–Kier alpha value is -2.57. The first-order chi connectivity index (χ1) is 10.4. The van der Waals surface area contributed by atoms with Gasteiger partial charge in [0.15, 0.2) is 0 Å². The number of aliphatic carboxylic acids is 1. The summed E-state index contributed by atoms with van der Waals surface area (Å²) in [5.41, 5.74) is 6.17. The maximum Gasteiger partial charge on any atom is 0.322 e. The Morgan fingerprint density at radius 1 is 1.41 bits per heavy atom. The van der Waals surface area contributed by atoms with Gasteiger partial charge < -0.3 is 16.2 Å². The molecule has 1 saturated heterocycles. The van der Waals surface area contributed by atoms with Gasteiger partial charge in [-0.2, -0.15) is 0 Å². The van der Waals surface area contributed by atoms with Gasteiger partial charge in [-0.15, -0.1) is 0 Å². The molecule has 116 valence electrons. The Balaban J connectivity index is 1.80. The van der Waals surface area contributed by atoms with Crippen LogP contribution in [0.2, 0.25) is 0 Å². The number of carbonyl (C=O) groups is 3. The van der Waals surface area contributed by atoms with Crippen LogP contribution in [0.25, 0.3) is 0 Å². The maximum absolute atomic E-state index is 12.2. The fraction of sp³-hybridized carbons (Fsp3) is 0.400. The van der Waals surface area contributed by atoms with Gasteiger partial charge in [-0.05, 0) is 37.0 Å². The minimum atomic E-state index is -1.13. The van der Waals surface area contributed by atoms with Crippen LogP contribution in [0.4, 0.5) is 10.5 Å². The maximum atomic E-state index is 12.2. The number of hydrogen-bond acceptors (Lipinski definition) is 4. The smallest absolute Gasteiger partial charge is 0.322 e. The molecule has 5 N–H and O–H groups in total. The number of amides is 3. The van der Waals surface area contributed by atoms with E-state index in [2.05, 4.69) is 10.6 Å². The molecule has 0 aromatic heterocycles. The van der Waals surface area contributed by atoms with Crippen molar-refractivity contribution in [1.82, 2.24) is 10.6 Å². The summed E-state index contributed by atoms with van der Waals surface area (Å²) in [6.07, 6.45) is 1.28. The van der Waals surface area contributed by atoms with Gasteiger partial charge in [0.25, 0.3) is 5.91 Å². The van der Waals surface area contributed by atoms with E-state index in [0.29, 0.717) is 24.9 Å². The Labute approximate surface area is 126 Å². The highest BCUT2D eigenvalue weighted by molar-refractivity contribution is 6.07. The van der Waals surface area contributed by atoms with Crippen LogP contribution in [0.3, 0.4) is 0 Å². The third-order valence-electron chi connectivity index (χ3n) is 4.47. The zero-order valence-corrected chi connectivity index (χ0v) is 11.8. The van der Waals surface area contributed by atoms with Gasteiger partial charge in [0.1, 0.15) is 5.54 Å². The first kappa shape index (κ1) is 14.4. The van der Waals surface area contributed by atoms with Crippen molar-refractivity contribution in [1.29, 1.82) is 0 Å². The minimum absolute atomic E-state index is 0.350. The molecule has 0 radical (unpaired) electrons. The van der Waals surface area contributed by atoms with Crippen molar-refractivity contribution >= 4 is 23.6 Å². The SMILES string of the molecule is Nc1cccc(CCC2([C@H]3C[C@@H]3C(=O)O)NC(=O)NC2=O)c1. The van der Waals surface area contributed by atoms with Crippen molar-refractivity contribution in [3.8, 4) is 0 Å². The van der Waals surface area contributed by atoms with Crippen LogP contribution in [0, 0.1) is 11.8 Å². The second-order valence-electron chi connectivity index (χ2n) is 5.91. The summed E-state index contributed by atoms with van der Waals surface area (Å²) in [6.45, 7) is 0. The third-order valence-corrected chi connectivity index (χ3v) is 4.47. The van der Waals surface area contributed by atoms with Crippen molar-refractivity contribution in [3.63, 3.8) is 0 Å². The van der Waals surface area contributed by atoms with Crippen molar-refractivity contribution in [2.24, 2.45) is 11.8 Å². The lowest BCUT2D eigenvalue weighted by Gasteiger charge is -2.26. The molecule has 2 fully saturated rings. The molecule has 0 spiro atoms. The number of carbonyl (C=O) groups excluding carboxylic acids is 2. The van der Waals surface area contributed by atoms with Crippen LogP contribution in [-0.4, -0.2) is 28.6 Å². The van der Waals surface area contributed by atoms with E-state index < -0.39 is 29.4 Å². The van der Waals surface area contributed by atoms with E-state index in [4.69, 9.17) is 10.8 Å². The highest BCUT2D eigenvalue weighted by Gasteiger charge is 2.62. The monoisotopic (exact) mass is 303 g/mol. The summed E-state index contributed by atoms with van der Waals surface area (Å²) in [5, 5.41) is 14.0. The van der Waals surface area contributed by atoms with Crippen LogP contribution in [0.1, 0.15) is 18.4 Å². The number of hydrogen-bond donors (Lipinski definition) is 4. The second kappa shape index (κ2) is 5.01. The zero-order valence-electron chi connectivity index (χ0n) is 11.8. The van der Waals surface area contributed by atoms with Gasteiger partial charge in [0, 0.05) is 11.6 Å². The largest absolute Gasteiger partial charge is 0.481 e. The molecule has 3 rings (SSSR count). The number of imide groups is 1. The highest BCUT2D eigenvalue weighted by Crippen LogP contribution is 2.49. The molecule has 1 aliphatic heterocycles. The molecule has 7 heteroatoms. The van der Waals surface area contributed by atoms with E-state index in [1.807, 2.05) is 18.2 Å². The molecule has 1 aromatic rings. The number of aryl methyl sites for hydroxylation is 1. The average Bonchev–Trinajstić information content (AvgIpc) is 3.19. The van der Waals surface area contributed by atoms with Crippen molar-refractivity contribution in [3.05, 3.63) is 29.8 Å². The fourth-order valence-corrected chi connectivity index (χ4v) is 3.23. The van der Waals surface area contributed by atoms with Crippen molar-refractivity contribution < 1.29 is 19.5 Å². The van der Waals surface area contributed by atoms with Crippen molar-refractivity contribution in [2.75, 3.05) is 5.73 Å². The van der Waals surface area contributed by atoms with Gasteiger partial charge in [-0.1, -0.05) is 12.1 Å². The summed E-state index contributed by atoms with van der Waals surface area (Å²) in [7, 11) is 0. The Kier molecular flexibility index (Phi) is 3.27. The average molecular weight is 303 g/mol. The molecular weight excluding hydrogens is 286 g/mol. The Morgan fingerprint density at radius 3 is 2.73 bits per heavy atom. The molecule has 1 heterocycles.